The number of carboxylic acids is 1. The van der Waals surface area contributed by atoms with Gasteiger partial charge in [0.1, 0.15) is 0 Å². The number of aliphatic carboxylic acids is 1. The van der Waals surface area contributed by atoms with Gasteiger partial charge in [0, 0.05) is 18.9 Å². The molecule has 1 rings (SSSR count). The maximum absolute atomic E-state index is 10.6. The fourth-order valence-electron chi connectivity index (χ4n) is 2.12. The first-order valence-electron chi connectivity index (χ1n) is 6.27. The van der Waals surface area contributed by atoms with Crippen molar-refractivity contribution in [2.24, 2.45) is 17.8 Å². The van der Waals surface area contributed by atoms with E-state index >= 15 is 0 Å². The molecule has 1 N–H and O–H groups in total. The van der Waals surface area contributed by atoms with Gasteiger partial charge in [0.15, 0.2) is 5.16 Å². The maximum atomic E-state index is 10.6. The normalized spacial score (nSPS) is 11.7. The minimum Gasteiger partial charge on any atom is -0.481 e. The van der Waals surface area contributed by atoms with Crippen LogP contribution in [0.3, 0.4) is 0 Å². The van der Waals surface area contributed by atoms with Crippen molar-refractivity contribution in [1.82, 2.24) is 9.55 Å². The topological polar surface area (TPSA) is 55.1 Å². The molecule has 0 unspecified atom stereocenters. The third-order valence-corrected chi connectivity index (χ3v) is 4.11. The Morgan fingerprint density at radius 1 is 1.39 bits per heavy atom. The standard InChI is InChI=1S/C13H22N2O2S/c1-9(2)11(10(3)4)7-15-6-5-14-13(15)18-8-12(16)17/h5-6,9-11H,7-8H2,1-4H3,(H,16,17). The molecule has 0 radical (unpaired) electrons. The van der Waals surface area contributed by atoms with E-state index in [1.165, 1.54) is 11.8 Å². The van der Waals surface area contributed by atoms with Crippen LogP contribution in [0.4, 0.5) is 0 Å². The van der Waals surface area contributed by atoms with E-state index in [1.54, 1.807) is 6.20 Å². The number of nitrogens with zero attached hydrogens (tertiary/aromatic N) is 2. The molecule has 1 aromatic rings. The fraction of sp³-hybridized carbons (Fsp3) is 0.692. The van der Waals surface area contributed by atoms with Crippen LogP contribution in [0, 0.1) is 17.8 Å². The van der Waals surface area contributed by atoms with Crippen molar-refractivity contribution in [3.05, 3.63) is 12.4 Å². The molecule has 0 saturated heterocycles. The number of hydrogen-bond acceptors (Lipinski definition) is 3. The van der Waals surface area contributed by atoms with Crippen LogP contribution in [0.15, 0.2) is 17.6 Å². The van der Waals surface area contributed by atoms with Gasteiger partial charge >= 0.3 is 5.97 Å². The molecular formula is C13H22N2O2S. The Kier molecular flexibility index (Phi) is 5.72. The summed E-state index contributed by atoms with van der Waals surface area (Å²) in [6, 6.07) is 0. The van der Waals surface area contributed by atoms with Gasteiger partial charge in [-0.2, -0.15) is 0 Å². The van der Waals surface area contributed by atoms with Gasteiger partial charge in [0.25, 0.3) is 0 Å². The highest BCUT2D eigenvalue weighted by atomic mass is 32.2. The fourth-order valence-corrected chi connectivity index (χ4v) is 2.81. The zero-order chi connectivity index (χ0) is 13.7. The van der Waals surface area contributed by atoms with Gasteiger partial charge in [-0.1, -0.05) is 39.5 Å². The number of carbonyl (C=O) groups is 1. The second-order valence-corrected chi connectivity index (χ2v) is 6.14. The van der Waals surface area contributed by atoms with Crippen molar-refractivity contribution in [2.45, 2.75) is 39.4 Å². The van der Waals surface area contributed by atoms with E-state index in [-0.39, 0.29) is 5.75 Å². The summed E-state index contributed by atoms with van der Waals surface area (Å²) in [5, 5.41) is 9.50. The lowest BCUT2D eigenvalue weighted by Crippen LogP contribution is -2.22. The van der Waals surface area contributed by atoms with Gasteiger partial charge < -0.3 is 9.67 Å². The zero-order valence-corrected chi connectivity index (χ0v) is 12.3. The first-order chi connectivity index (χ1) is 8.41. The molecule has 18 heavy (non-hydrogen) atoms. The molecule has 0 spiro atoms. The molecule has 1 heterocycles. The molecule has 1 aromatic heterocycles. The van der Waals surface area contributed by atoms with E-state index in [0.717, 1.165) is 11.7 Å². The van der Waals surface area contributed by atoms with Crippen molar-refractivity contribution in [3.8, 4) is 0 Å². The summed E-state index contributed by atoms with van der Waals surface area (Å²) < 4.78 is 2.07. The summed E-state index contributed by atoms with van der Waals surface area (Å²) in [5.74, 6) is 1.03. The average molecular weight is 270 g/mol. The third-order valence-electron chi connectivity index (χ3n) is 3.12. The van der Waals surface area contributed by atoms with Crippen molar-refractivity contribution in [3.63, 3.8) is 0 Å². The largest absolute Gasteiger partial charge is 0.481 e. The summed E-state index contributed by atoms with van der Waals surface area (Å²) in [4.78, 5) is 14.8. The highest BCUT2D eigenvalue weighted by Gasteiger charge is 2.19. The first-order valence-corrected chi connectivity index (χ1v) is 7.26. The molecule has 4 nitrogen and oxygen atoms in total. The van der Waals surface area contributed by atoms with E-state index in [4.69, 9.17) is 5.11 Å². The molecule has 0 saturated carbocycles. The molecule has 0 aliphatic rings. The number of rotatable bonds is 7. The van der Waals surface area contributed by atoms with Crippen LogP contribution in [-0.4, -0.2) is 26.4 Å². The van der Waals surface area contributed by atoms with E-state index < -0.39 is 5.97 Å². The predicted molar refractivity (Wildman–Crippen MR) is 73.8 cm³/mol. The lowest BCUT2D eigenvalue weighted by molar-refractivity contribution is -0.133. The van der Waals surface area contributed by atoms with Crippen LogP contribution in [0.1, 0.15) is 27.7 Å². The van der Waals surface area contributed by atoms with Gasteiger partial charge in [-0.05, 0) is 17.8 Å². The van der Waals surface area contributed by atoms with Crippen LogP contribution < -0.4 is 0 Å². The molecule has 0 aromatic carbocycles. The third kappa shape index (κ3) is 4.37. The Labute approximate surface area is 113 Å². The summed E-state index contributed by atoms with van der Waals surface area (Å²) in [6.45, 7) is 9.81. The zero-order valence-electron chi connectivity index (χ0n) is 11.5. The summed E-state index contributed by atoms with van der Waals surface area (Å²) in [5.41, 5.74) is 0. The molecule has 5 heteroatoms. The number of aromatic nitrogens is 2. The molecule has 0 fully saturated rings. The van der Waals surface area contributed by atoms with Gasteiger partial charge in [0.2, 0.25) is 0 Å². The van der Waals surface area contributed by atoms with Crippen molar-refractivity contribution >= 4 is 17.7 Å². The molecular weight excluding hydrogens is 248 g/mol. The van der Waals surface area contributed by atoms with E-state index in [9.17, 15) is 4.79 Å². The van der Waals surface area contributed by atoms with Gasteiger partial charge in [-0.15, -0.1) is 0 Å². The van der Waals surface area contributed by atoms with Crippen LogP contribution in [-0.2, 0) is 11.3 Å². The van der Waals surface area contributed by atoms with Crippen LogP contribution in [0.2, 0.25) is 0 Å². The maximum Gasteiger partial charge on any atom is 0.313 e. The Morgan fingerprint density at radius 2 is 2.00 bits per heavy atom. The summed E-state index contributed by atoms with van der Waals surface area (Å²) in [7, 11) is 0. The highest BCUT2D eigenvalue weighted by Crippen LogP contribution is 2.25. The van der Waals surface area contributed by atoms with Crippen LogP contribution in [0.25, 0.3) is 0 Å². The molecule has 0 aliphatic carbocycles. The Morgan fingerprint density at radius 3 is 2.50 bits per heavy atom. The Balaban J connectivity index is 2.71. The molecule has 0 atom stereocenters. The quantitative estimate of drug-likeness (QED) is 0.774. The minimum atomic E-state index is -0.807. The number of hydrogen-bond donors (Lipinski definition) is 1. The minimum absolute atomic E-state index is 0.0606. The van der Waals surface area contributed by atoms with Crippen LogP contribution in [0.5, 0.6) is 0 Å². The lowest BCUT2D eigenvalue weighted by atomic mass is 9.85. The second-order valence-electron chi connectivity index (χ2n) is 5.20. The molecule has 0 bridgehead atoms. The smallest absolute Gasteiger partial charge is 0.313 e. The number of imidazole rings is 1. The SMILES string of the molecule is CC(C)C(Cn1ccnc1SCC(=O)O)C(C)C. The molecule has 0 amide bonds. The van der Waals surface area contributed by atoms with Gasteiger partial charge in [0.05, 0.1) is 5.75 Å². The van der Waals surface area contributed by atoms with Crippen LogP contribution >= 0.6 is 11.8 Å². The lowest BCUT2D eigenvalue weighted by Gasteiger charge is -2.25. The molecule has 102 valence electrons. The summed E-state index contributed by atoms with van der Waals surface area (Å²) in [6.07, 6.45) is 3.67. The predicted octanol–water partition coefficient (Wildman–Crippen LogP) is 2.99. The first kappa shape index (κ1) is 15.1. The summed E-state index contributed by atoms with van der Waals surface area (Å²) >= 11 is 1.28. The van der Waals surface area contributed by atoms with Gasteiger partial charge in [-0.3, -0.25) is 4.79 Å². The van der Waals surface area contributed by atoms with E-state index in [1.807, 2.05) is 6.20 Å². The monoisotopic (exact) mass is 270 g/mol. The highest BCUT2D eigenvalue weighted by molar-refractivity contribution is 7.99. The van der Waals surface area contributed by atoms with Crippen molar-refractivity contribution < 1.29 is 9.90 Å². The second kappa shape index (κ2) is 6.83. The van der Waals surface area contributed by atoms with E-state index in [2.05, 4.69) is 37.2 Å². The number of carboxylic acid groups (broad SMARTS) is 1. The van der Waals surface area contributed by atoms with Crippen molar-refractivity contribution in [1.29, 1.82) is 0 Å². The number of thioether (sulfide) groups is 1. The average Bonchev–Trinajstić information content (AvgIpc) is 2.69. The Hall–Kier alpha value is -0.970. The van der Waals surface area contributed by atoms with Crippen molar-refractivity contribution in [2.75, 3.05) is 5.75 Å². The van der Waals surface area contributed by atoms with E-state index in [0.29, 0.717) is 17.8 Å². The Bertz CT molecular complexity index is 380. The van der Waals surface area contributed by atoms with Gasteiger partial charge in [-0.25, -0.2) is 4.98 Å². The molecule has 0 aliphatic heterocycles.